The Bertz CT molecular complexity index is 1580. The zero-order chi connectivity index (χ0) is 34.2. The van der Waals surface area contributed by atoms with E-state index in [1.54, 1.807) is 0 Å². The quantitative estimate of drug-likeness (QED) is 0.0485. The van der Waals surface area contributed by atoms with Crippen LogP contribution in [0.15, 0.2) is 72.8 Å². The van der Waals surface area contributed by atoms with Gasteiger partial charge in [0.1, 0.15) is 48.4 Å². The Labute approximate surface area is 299 Å². The van der Waals surface area contributed by atoms with Crippen LogP contribution in [0.5, 0.6) is 23.0 Å². The highest BCUT2D eigenvalue weighted by atomic mass is 16.6. The van der Waals surface area contributed by atoms with E-state index < -0.39 is 0 Å². The molecule has 6 nitrogen and oxygen atoms in total. The minimum atomic E-state index is 0.227. The van der Waals surface area contributed by atoms with Crippen LogP contribution in [-0.2, 0) is 9.47 Å². The lowest BCUT2D eigenvalue weighted by atomic mass is 10.0. The molecule has 6 heteroatoms. The predicted octanol–water partition coefficient (Wildman–Crippen LogP) is 11.2. The van der Waals surface area contributed by atoms with Gasteiger partial charge < -0.3 is 28.4 Å². The normalized spacial score (nSPS) is 17.1. The lowest BCUT2D eigenvalue weighted by Crippen LogP contribution is -2.11. The number of ether oxygens (including phenoxy) is 6. The average molecular weight is 683 g/mol. The Morgan fingerprint density at radius 2 is 0.860 bits per heavy atom. The number of benzene rings is 4. The van der Waals surface area contributed by atoms with Crippen molar-refractivity contribution in [2.24, 2.45) is 0 Å². The van der Waals surface area contributed by atoms with E-state index in [-0.39, 0.29) is 18.3 Å². The van der Waals surface area contributed by atoms with E-state index in [0.717, 1.165) is 66.4 Å². The van der Waals surface area contributed by atoms with Crippen molar-refractivity contribution in [3.8, 4) is 23.0 Å². The fourth-order valence-electron chi connectivity index (χ4n) is 6.59. The summed E-state index contributed by atoms with van der Waals surface area (Å²) >= 11 is 0. The third kappa shape index (κ3) is 13.0. The maximum Gasteiger partial charge on any atom is 0.120 e. The van der Waals surface area contributed by atoms with Crippen LogP contribution in [0.1, 0.15) is 103 Å². The summed E-state index contributed by atoms with van der Waals surface area (Å²) in [6, 6.07) is 25.2. The molecule has 2 saturated heterocycles. The topological polar surface area (TPSA) is 62.0 Å². The molecule has 2 heterocycles. The lowest BCUT2D eigenvalue weighted by molar-refractivity contribution is 0.206. The van der Waals surface area contributed by atoms with Gasteiger partial charge in [-0.2, -0.15) is 0 Å². The van der Waals surface area contributed by atoms with Gasteiger partial charge in [-0.25, -0.2) is 0 Å². The van der Waals surface area contributed by atoms with Crippen LogP contribution in [0.4, 0.5) is 0 Å². The van der Waals surface area contributed by atoms with E-state index in [1.165, 1.54) is 94.2 Å². The Morgan fingerprint density at radius 1 is 0.480 bits per heavy atom. The molecule has 0 radical (unpaired) electrons. The van der Waals surface area contributed by atoms with E-state index in [0.29, 0.717) is 13.2 Å². The van der Waals surface area contributed by atoms with E-state index in [1.807, 2.05) is 12.1 Å². The van der Waals surface area contributed by atoms with Crippen LogP contribution < -0.4 is 18.9 Å². The van der Waals surface area contributed by atoms with E-state index in [2.05, 4.69) is 67.6 Å². The molecule has 2 aliphatic heterocycles. The maximum absolute atomic E-state index is 6.27. The van der Waals surface area contributed by atoms with Crippen molar-refractivity contribution in [2.45, 2.75) is 122 Å². The van der Waals surface area contributed by atoms with Gasteiger partial charge in [-0.1, -0.05) is 101 Å². The monoisotopic (exact) mass is 682 g/mol. The third-order valence-corrected chi connectivity index (χ3v) is 9.85. The van der Waals surface area contributed by atoms with Crippen LogP contribution in [0.3, 0.4) is 0 Å². The van der Waals surface area contributed by atoms with Crippen molar-refractivity contribution in [3.05, 3.63) is 72.8 Å². The third-order valence-electron chi connectivity index (χ3n) is 9.85. The largest absolute Gasteiger partial charge is 0.494 e. The smallest absolute Gasteiger partial charge is 0.120 e. The summed E-state index contributed by atoms with van der Waals surface area (Å²) in [7, 11) is 0. The first-order valence-electron chi connectivity index (χ1n) is 19.5. The number of rotatable bonds is 26. The molecule has 0 aliphatic carbocycles. The molecule has 3 atom stereocenters. The summed E-state index contributed by atoms with van der Waals surface area (Å²) in [6.07, 6.45) is 20.4. The highest BCUT2D eigenvalue weighted by Gasteiger charge is 2.23. The molecule has 0 bridgehead atoms. The van der Waals surface area contributed by atoms with Crippen molar-refractivity contribution in [1.29, 1.82) is 0 Å². The second-order valence-electron chi connectivity index (χ2n) is 14.4. The van der Waals surface area contributed by atoms with Crippen LogP contribution in [0.25, 0.3) is 21.5 Å². The molecule has 270 valence electrons. The number of unbranched alkanes of at least 4 members (excludes halogenated alkanes) is 13. The van der Waals surface area contributed by atoms with E-state index >= 15 is 0 Å². The van der Waals surface area contributed by atoms with Gasteiger partial charge in [0, 0.05) is 0 Å². The summed E-state index contributed by atoms with van der Waals surface area (Å²) in [5, 5.41) is 4.71. The summed E-state index contributed by atoms with van der Waals surface area (Å²) in [5.41, 5.74) is 0. The summed E-state index contributed by atoms with van der Waals surface area (Å²) in [5.74, 6) is 3.67. The zero-order valence-electron chi connectivity index (χ0n) is 30.3. The second-order valence-corrected chi connectivity index (χ2v) is 14.4. The van der Waals surface area contributed by atoms with Crippen LogP contribution in [0.2, 0.25) is 0 Å². The molecule has 0 N–H and O–H groups in total. The van der Waals surface area contributed by atoms with Crippen molar-refractivity contribution >= 4 is 21.5 Å². The fraction of sp³-hybridized carbons (Fsp3) is 0.545. The molecule has 2 aliphatic rings. The number of hydrogen-bond acceptors (Lipinski definition) is 6. The summed E-state index contributed by atoms with van der Waals surface area (Å²) in [6.45, 7) is 5.86. The van der Waals surface area contributed by atoms with Crippen molar-refractivity contribution in [3.63, 3.8) is 0 Å². The Kier molecular flexibility index (Phi) is 14.4. The molecule has 4 aromatic carbocycles. The second kappa shape index (κ2) is 19.8. The first-order valence-corrected chi connectivity index (χ1v) is 19.5. The highest BCUT2D eigenvalue weighted by molar-refractivity contribution is 5.86. The molecule has 0 spiro atoms. The molecule has 0 aromatic heterocycles. The molecule has 4 aromatic rings. The molecule has 3 unspecified atom stereocenters. The van der Waals surface area contributed by atoms with Gasteiger partial charge >= 0.3 is 0 Å². The number of fused-ring (bicyclic) bond motifs is 2. The predicted molar refractivity (Wildman–Crippen MR) is 203 cm³/mol. The molecule has 50 heavy (non-hydrogen) atoms. The van der Waals surface area contributed by atoms with Gasteiger partial charge in [0.25, 0.3) is 0 Å². The van der Waals surface area contributed by atoms with Crippen LogP contribution >= 0.6 is 0 Å². The maximum atomic E-state index is 6.27. The SMILES string of the molecule is CC(CCCCCCCCCCCCCCCCOc1ccc2ccc(OCC3CO3)cc2c1)Oc1ccc2ccc(OCC3CO3)cc2c1. The van der Waals surface area contributed by atoms with Gasteiger partial charge in [-0.05, 0) is 96.3 Å². The van der Waals surface area contributed by atoms with Gasteiger partial charge in [0.15, 0.2) is 0 Å². The van der Waals surface area contributed by atoms with Gasteiger partial charge in [0.2, 0.25) is 0 Å². The zero-order valence-corrected chi connectivity index (χ0v) is 30.3. The molecule has 6 rings (SSSR count). The van der Waals surface area contributed by atoms with Gasteiger partial charge in [0.05, 0.1) is 25.9 Å². The fourth-order valence-corrected chi connectivity index (χ4v) is 6.59. The average Bonchev–Trinajstić information content (AvgIpc) is 4.07. The molecular weight excluding hydrogens is 624 g/mol. The molecule has 0 saturated carbocycles. The molecular formula is C44H58O6. The highest BCUT2D eigenvalue weighted by Crippen LogP contribution is 2.28. The first-order chi connectivity index (χ1) is 24.7. The number of epoxide rings is 2. The Hall–Kier alpha value is -3.48. The van der Waals surface area contributed by atoms with Crippen LogP contribution in [0, 0.1) is 0 Å². The van der Waals surface area contributed by atoms with Crippen LogP contribution in [-0.4, -0.2) is 51.3 Å². The lowest BCUT2D eigenvalue weighted by Gasteiger charge is -2.15. The van der Waals surface area contributed by atoms with Crippen molar-refractivity contribution in [1.82, 2.24) is 0 Å². The minimum absolute atomic E-state index is 0.227. The Morgan fingerprint density at radius 3 is 1.32 bits per heavy atom. The first kappa shape index (κ1) is 36.3. The minimum Gasteiger partial charge on any atom is -0.494 e. The summed E-state index contributed by atoms with van der Waals surface area (Å²) in [4.78, 5) is 0. The standard InChI is InChI=1S/C44H58O6/c1-34(50-42-24-20-36-19-23-41(28-38(36)29-42)47-31-44-33-49-44)16-14-12-10-8-6-4-2-3-5-7-9-11-13-15-25-45-39-21-17-35-18-22-40(27-37(35)26-39)46-30-43-32-48-43/h17-24,26-29,34,43-44H,2-16,25,30-33H2,1H3. The van der Waals surface area contributed by atoms with Gasteiger partial charge in [-0.3, -0.25) is 0 Å². The molecule has 2 fully saturated rings. The van der Waals surface area contributed by atoms with Gasteiger partial charge in [-0.15, -0.1) is 0 Å². The number of hydrogen-bond donors (Lipinski definition) is 0. The van der Waals surface area contributed by atoms with Crippen molar-refractivity contribution in [2.75, 3.05) is 33.0 Å². The van der Waals surface area contributed by atoms with Crippen molar-refractivity contribution < 1.29 is 28.4 Å². The van der Waals surface area contributed by atoms with E-state index in [9.17, 15) is 0 Å². The van der Waals surface area contributed by atoms with E-state index in [4.69, 9.17) is 28.4 Å². The summed E-state index contributed by atoms with van der Waals surface area (Å²) < 4.78 is 34.5. The molecule has 0 amide bonds. The Balaban J connectivity index is 0.709.